The highest BCUT2D eigenvalue weighted by Crippen LogP contribution is 2.23. The number of Topliss-reactive ketones (excluding diaryl/α,β-unsaturated/α-hetero) is 1. The molecule has 1 N–H and O–H groups in total. The number of carbonyl (C=O) groups is 1. The van der Waals surface area contributed by atoms with Crippen molar-refractivity contribution in [2.75, 3.05) is 13.7 Å². The molecule has 1 heterocycles. The second kappa shape index (κ2) is 5.32. The van der Waals surface area contributed by atoms with Crippen LogP contribution in [0, 0.1) is 6.92 Å². The Kier molecular flexibility index (Phi) is 3.79. The van der Waals surface area contributed by atoms with E-state index < -0.39 is 0 Å². The lowest BCUT2D eigenvalue weighted by atomic mass is 9.95. The van der Waals surface area contributed by atoms with Crippen molar-refractivity contribution in [1.29, 1.82) is 0 Å². The van der Waals surface area contributed by atoms with Crippen LogP contribution in [0.15, 0.2) is 18.2 Å². The smallest absolute Gasteiger partial charge is 0.183 e. The highest BCUT2D eigenvalue weighted by atomic mass is 16.5. The lowest BCUT2D eigenvalue weighted by Crippen LogP contribution is -2.40. The molecule has 0 aliphatic carbocycles. The van der Waals surface area contributed by atoms with Gasteiger partial charge in [0.2, 0.25) is 0 Å². The first kappa shape index (κ1) is 12.1. The van der Waals surface area contributed by atoms with Crippen LogP contribution in [0.4, 0.5) is 0 Å². The molecule has 1 atom stereocenters. The topological polar surface area (TPSA) is 38.3 Å². The summed E-state index contributed by atoms with van der Waals surface area (Å²) in [6.07, 6.45) is 3.21. The molecule has 1 fully saturated rings. The van der Waals surface area contributed by atoms with Crippen molar-refractivity contribution in [2.24, 2.45) is 0 Å². The molecule has 1 aromatic rings. The minimum absolute atomic E-state index is 0.0422. The van der Waals surface area contributed by atoms with Gasteiger partial charge < -0.3 is 10.1 Å². The van der Waals surface area contributed by atoms with Gasteiger partial charge in [-0.1, -0.05) is 18.1 Å². The van der Waals surface area contributed by atoms with Crippen LogP contribution < -0.4 is 10.1 Å². The number of methoxy groups -OCH3 is 1. The highest BCUT2D eigenvalue weighted by Gasteiger charge is 2.24. The summed E-state index contributed by atoms with van der Waals surface area (Å²) in [7, 11) is 1.61. The zero-order valence-corrected chi connectivity index (χ0v) is 10.5. The summed E-state index contributed by atoms with van der Waals surface area (Å²) in [4.78, 5) is 12.4. The maximum atomic E-state index is 12.4. The van der Waals surface area contributed by atoms with E-state index in [1.165, 1.54) is 0 Å². The highest BCUT2D eigenvalue weighted by molar-refractivity contribution is 6.02. The Bertz CT molecular complexity index is 409. The van der Waals surface area contributed by atoms with Crippen LogP contribution >= 0.6 is 0 Å². The molecule has 1 aliphatic rings. The Labute approximate surface area is 102 Å². The van der Waals surface area contributed by atoms with E-state index in [2.05, 4.69) is 5.32 Å². The Morgan fingerprint density at radius 3 is 2.88 bits per heavy atom. The van der Waals surface area contributed by atoms with Gasteiger partial charge in [-0.05, 0) is 38.4 Å². The molecule has 0 radical (unpaired) electrons. The zero-order chi connectivity index (χ0) is 12.3. The molecule has 0 saturated carbocycles. The van der Waals surface area contributed by atoms with Gasteiger partial charge in [-0.15, -0.1) is 0 Å². The standard InChI is InChI=1S/C14H19NO2/c1-10-6-7-13(17-2)11(9-10)14(16)12-5-3-4-8-15-12/h6-7,9,12,15H,3-5,8H2,1-2H3. The van der Waals surface area contributed by atoms with Crippen molar-refractivity contribution in [3.63, 3.8) is 0 Å². The average molecular weight is 233 g/mol. The second-order valence-corrected chi connectivity index (χ2v) is 4.57. The summed E-state index contributed by atoms with van der Waals surface area (Å²) < 4.78 is 5.26. The average Bonchev–Trinajstić information content (AvgIpc) is 2.39. The van der Waals surface area contributed by atoms with Crippen LogP contribution in [0.25, 0.3) is 0 Å². The van der Waals surface area contributed by atoms with Crippen LogP contribution in [0.3, 0.4) is 0 Å². The molecule has 0 bridgehead atoms. The summed E-state index contributed by atoms with van der Waals surface area (Å²) in [6.45, 7) is 2.93. The lowest BCUT2D eigenvalue weighted by Gasteiger charge is -2.23. The van der Waals surface area contributed by atoms with Gasteiger partial charge in [0.15, 0.2) is 5.78 Å². The molecule has 17 heavy (non-hydrogen) atoms. The van der Waals surface area contributed by atoms with Crippen LogP contribution in [-0.4, -0.2) is 25.5 Å². The summed E-state index contributed by atoms with van der Waals surface area (Å²) in [5, 5.41) is 3.28. The first-order valence-electron chi connectivity index (χ1n) is 6.14. The van der Waals surface area contributed by atoms with Gasteiger partial charge in [-0.25, -0.2) is 0 Å². The Morgan fingerprint density at radius 1 is 1.41 bits per heavy atom. The van der Waals surface area contributed by atoms with Crippen LogP contribution in [0.1, 0.15) is 35.2 Å². The van der Waals surface area contributed by atoms with E-state index in [1.54, 1.807) is 7.11 Å². The first-order valence-corrected chi connectivity index (χ1v) is 6.14. The van der Waals surface area contributed by atoms with Crippen LogP contribution in [-0.2, 0) is 0 Å². The lowest BCUT2D eigenvalue weighted by molar-refractivity contribution is 0.0924. The molecule has 1 aliphatic heterocycles. The van der Waals surface area contributed by atoms with Crippen molar-refractivity contribution < 1.29 is 9.53 Å². The Balaban J connectivity index is 2.25. The molecule has 92 valence electrons. The molecule has 0 aromatic heterocycles. The fraction of sp³-hybridized carbons (Fsp3) is 0.500. The zero-order valence-electron chi connectivity index (χ0n) is 10.5. The van der Waals surface area contributed by atoms with E-state index in [0.29, 0.717) is 11.3 Å². The number of hydrogen-bond donors (Lipinski definition) is 1. The van der Waals surface area contributed by atoms with E-state index in [4.69, 9.17) is 4.74 Å². The number of aryl methyl sites for hydroxylation is 1. The van der Waals surface area contributed by atoms with E-state index in [0.717, 1.165) is 31.4 Å². The van der Waals surface area contributed by atoms with Gasteiger partial charge in [0.25, 0.3) is 0 Å². The fourth-order valence-corrected chi connectivity index (χ4v) is 2.28. The molecule has 0 spiro atoms. The summed E-state index contributed by atoms with van der Waals surface area (Å²) in [5.41, 5.74) is 1.79. The summed E-state index contributed by atoms with van der Waals surface area (Å²) in [5.74, 6) is 0.832. The molecule has 1 aromatic carbocycles. The third kappa shape index (κ3) is 2.67. The van der Waals surface area contributed by atoms with Gasteiger partial charge in [-0.3, -0.25) is 4.79 Å². The summed E-state index contributed by atoms with van der Waals surface area (Å²) in [6, 6.07) is 5.70. The van der Waals surface area contributed by atoms with Gasteiger partial charge in [0, 0.05) is 0 Å². The molecular formula is C14H19NO2. The normalized spacial score (nSPS) is 20.0. The Morgan fingerprint density at radius 2 is 2.24 bits per heavy atom. The minimum atomic E-state index is -0.0422. The molecule has 1 saturated heterocycles. The minimum Gasteiger partial charge on any atom is -0.496 e. The molecule has 3 heteroatoms. The third-order valence-electron chi connectivity index (χ3n) is 3.25. The predicted octanol–water partition coefficient (Wildman–Crippen LogP) is 2.33. The van der Waals surface area contributed by atoms with E-state index >= 15 is 0 Å². The number of ketones is 1. The molecule has 2 rings (SSSR count). The second-order valence-electron chi connectivity index (χ2n) is 4.57. The van der Waals surface area contributed by atoms with Gasteiger partial charge in [0.1, 0.15) is 5.75 Å². The number of nitrogens with one attached hydrogen (secondary N) is 1. The number of ether oxygens (including phenoxy) is 1. The maximum Gasteiger partial charge on any atom is 0.183 e. The van der Waals surface area contributed by atoms with Crippen molar-refractivity contribution >= 4 is 5.78 Å². The first-order chi connectivity index (χ1) is 8.22. The molecule has 0 amide bonds. The molecular weight excluding hydrogens is 214 g/mol. The Hall–Kier alpha value is -1.35. The number of carbonyl (C=O) groups excluding carboxylic acids is 1. The van der Waals surface area contributed by atoms with Gasteiger partial charge in [-0.2, -0.15) is 0 Å². The quantitative estimate of drug-likeness (QED) is 0.814. The van der Waals surface area contributed by atoms with Crippen LogP contribution in [0.2, 0.25) is 0 Å². The monoisotopic (exact) mass is 233 g/mol. The van der Waals surface area contributed by atoms with Crippen molar-refractivity contribution in [3.8, 4) is 5.75 Å². The number of piperidine rings is 1. The van der Waals surface area contributed by atoms with Crippen molar-refractivity contribution in [3.05, 3.63) is 29.3 Å². The summed E-state index contributed by atoms with van der Waals surface area (Å²) >= 11 is 0. The maximum absolute atomic E-state index is 12.4. The van der Waals surface area contributed by atoms with E-state index in [9.17, 15) is 4.79 Å². The number of benzene rings is 1. The largest absolute Gasteiger partial charge is 0.496 e. The van der Waals surface area contributed by atoms with Gasteiger partial charge >= 0.3 is 0 Å². The molecule has 1 unspecified atom stereocenters. The fourth-order valence-electron chi connectivity index (χ4n) is 2.28. The van der Waals surface area contributed by atoms with E-state index in [1.807, 2.05) is 25.1 Å². The van der Waals surface area contributed by atoms with Crippen molar-refractivity contribution in [2.45, 2.75) is 32.2 Å². The number of rotatable bonds is 3. The SMILES string of the molecule is COc1ccc(C)cc1C(=O)C1CCCCN1. The van der Waals surface area contributed by atoms with Gasteiger partial charge in [0.05, 0.1) is 18.7 Å². The predicted molar refractivity (Wildman–Crippen MR) is 67.7 cm³/mol. The van der Waals surface area contributed by atoms with Crippen LogP contribution in [0.5, 0.6) is 5.75 Å². The van der Waals surface area contributed by atoms with E-state index in [-0.39, 0.29) is 11.8 Å². The molecule has 3 nitrogen and oxygen atoms in total. The number of hydrogen-bond acceptors (Lipinski definition) is 3. The third-order valence-corrected chi connectivity index (χ3v) is 3.25. The van der Waals surface area contributed by atoms with Crippen molar-refractivity contribution in [1.82, 2.24) is 5.32 Å².